The van der Waals surface area contributed by atoms with Crippen LogP contribution in [0.15, 0.2) is 28.7 Å². The van der Waals surface area contributed by atoms with Crippen LogP contribution in [0.4, 0.5) is 0 Å². The number of benzene rings is 1. The van der Waals surface area contributed by atoms with Crippen LogP contribution in [-0.4, -0.2) is 26.0 Å². The molecule has 0 radical (unpaired) electrons. The lowest BCUT2D eigenvalue weighted by Gasteiger charge is -2.05. The topological polar surface area (TPSA) is 41.1 Å². The second-order valence-electron chi connectivity index (χ2n) is 3.61. The fourth-order valence-electron chi connectivity index (χ4n) is 1.34. The number of carbonyl (C=O) groups is 1. The highest BCUT2D eigenvalue weighted by Gasteiger charge is 2.01. The first-order valence-corrected chi connectivity index (χ1v) is 6.17. The average molecular weight is 285 g/mol. The van der Waals surface area contributed by atoms with Gasteiger partial charge in [-0.2, -0.15) is 0 Å². The molecule has 3 nitrogen and oxygen atoms in total. The van der Waals surface area contributed by atoms with Crippen LogP contribution in [0, 0.1) is 0 Å². The molecule has 0 aliphatic carbocycles. The Morgan fingerprint density at radius 2 is 1.94 bits per heavy atom. The van der Waals surface area contributed by atoms with Crippen molar-refractivity contribution < 1.29 is 4.79 Å². The van der Waals surface area contributed by atoms with E-state index < -0.39 is 0 Å². The summed E-state index contributed by atoms with van der Waals surface area (Å²) in [4.78, 5) is 11.5. The summed E-state index contributed by atoms with van der Waals surface area (Å²) in [6, 6.07) is 7.81. The lowest BCUT2D eigenvalue weighted by atomic mass is 10.1. The molecular formula is C12H17BrN2O. The average Bonchev–Trinajstić information content (AvgIpc) is 2.28. The first-order valence-electron chi connectivity index (χ1n) is 5.38. The Morgan fingerprint density at radius 1 is 1.25 bits per heavy atom. The number of carbonyl (C=O) groups excluding carboxylic acids is 1. The van der Waals surface area contributed by atoms with Gasteiger partial charge in [0.05, 0.1) is 6.42 Å². The van der Waals surface area contributed by atoms with Crippen LogP contribution < -0.4 is 10.6 Å². The van der Waals surface area contributed by atoms with Gasteiger partial charge in [-0.3, -0.25) is 4.79 Å². The van der Waals surface area contributed by atoms with E-state index in [4.69, 9.17) is 0 Å². The Hall–Kier alpha value is -0.870. The largest absolute Gasteiger partial charge is 0.356 e. The number of nitrogens with one attached hydrogen (secondary N) is 2. The Balaban J connectivity index is 2.26. The summed E-state index contributed by atoms with van der Waals surface area (Å²) in [6.07, 6.45) is 1.41. The Labute approximate surface area is 105 Å². The van der Waals surface area contributed by atoms with Gasteiger partial charge in [0.25, 0.3) is 0 Å². The standard InChI is InChI=1S/C12H17BrN2O/c1-14-7-2-8-15-12(16)9-10-3-5-11(13)6-4-10/h3-6,14H,2,7-9H2,1H3,(H,15,16). The molecule has 0 atom stereocenters. The maximum absolute atomic E-state index is 11.5. The van der Waals surface area contributed by atoms with E-state index in [1.807, 2.05) is 31.3 Å². The zero-order valence-electron chi connectivity index (χ0n) is 9.42. The molecule has 0 spiro atoms. The summed E-state index contributed by atoms with van der Waals surface area (Å²) in [6.45, 7) is 1.66. The SMILES string of the molecule is CNCCCNC(=O)Cc1ccc(Br)cc1. The van der Waals surface area contributed by atoms with Gasteiger partial charge in [-0.1, -0.05) is 28.1 Å². The molecule has 0 fully saturated rings. The summed E-state index contributed by atoms with van der Waals surface area (Å²) in [5.74, 6) is 0.0819. The molecule has 16 heavy (non-hydrogen) atoms. The quantitative estimate of drug-likeness (QED) is 0.781. The summed E-state index contributed by atoms with van der Waals surface area (Å²) in [5, 5.41) is 5.93. The van der Waals surface area contributed by atoms with E-state index in [9.17, 15) is 4.79 Å². The van der Waals surface area contributed by atoms with E-state index in [1.54, 1.807) is 0 Å². The van der Waals surface area contributed by atoms with E-state index in [-0.39, 0.29) is 5.91 Å². The van der Waals surface area contributed by atoms with E-state index in [0.29, 0.717) is 6.42 Å². The number of rotatable bonds is 6. The molecule has 88 valence electrons. The maximum Gasteiger partial charge on any atom is 0.224 e. The van der Waals surface area contributed by atoms with Crippen molar-refractivity contribution in [2.45, 2.75) is 12.8 Å². The van der Waals surface area contributed by atoms with Crippen LogP contribution >= 0.6 is 15.9 Å². The highest BCUT2D eigenvalue weighted by Crippen LogP contribution is 2.10. The van der Waals surface area contributed by atoms with Gasteiger partial charge in [-0.05, 0) is 37.7 Å². The van der Waals surface area contributed by atoms with E-state index in [0.717, 1.165) is 29.5 Å². The molecule has 1 amide bonds. The van der Waals surface area contributed by atoms with Crippen molar-refractivity contribution in [2.75, 3.05) is 20.1 Å². The van der Waals surface area contributed by atoms with Gasteiger partial charge >= 0.3 is 0 Å². The first kappa shape index (κ1) is 13.2. The van der Waals surface area contributed by atoms with E-state index in [1.165, 1.54) is 0 Å². The normalized spacial score (nSPS) is 10.1. The monoisotopic (exact) mass is 284 g/mol. The van der Waals surface area contributed by atoms with Crippen molar-refractivity contribution in [3.05, 3.63) is 34.3 Å². The van der Waals surface area contributed by atoms with Crippen molar-refractivity contribution in [2.24, 2.45) is 0 Å². The predicted molar refractivity (Wildman–Crippen MR) is 69.4 cm³/mol. The third-order valence-electron chi connectivity index (χ3n) is 2.20. The van der Waals surface area contributed by atoms with Crippen molar-refractivity contribution in [1.82, 2.24) is 10.6 Å². The number of halogens is 1. The second-order valence-corrected chi connectivity index (χ2v) is 4.53. The third kappa shape index (κ3) is 5.28. The maximum atomic E-state index is 11.5. The van der Waals surface area contributed by atoms with Gasteiger partial charge in [0.15, 0.2) is 0 Å². The minimum Gasteiger partial charge on any atom is -0.356 e. The van der Waals surface area contributed by atoms with Crippen LogP contribution in [0.5, 0.6) is 0 Å². The van der Waals surface area contributed by atoms with Gasteiger partial charge in [-0.15, -0.1) is 0 Å². The fourth-order valence-corrected chi connectivity index (χ4v) is 1.61. The molecule has 0 aliphatic rings. The Morgan fingerprint density at radius 3 is 2.56 bits per heavy atom. The lowest BCUT2D eigenvalue weighted by molar-refractivity contribution is -0.120. The zero-order valence-corrected chi connectivity index (χ0v) is 11.0. The van der Waals surface area contributed by atoms with Gasteiger partial charge in [0.1, 0.15) is 0 Å². The van der Waals surface area contributed by atoms with Crippen LogP contribution in [0.1, 0.15) is 12.0 Å². The summed E-state index contributed by atoms with van der Waals surface area (Å²) in [7, 11) is 1.91. The molecule has 2 N–H and O–H groups in total. The highest BCUT2D eigenvalue weighted by atomic mass is 79.9. The second kappa shape index (κ2) is 7.41. The zero-order chi connectivity index (χ0) is 11.8. The molecule has 0 heterocycles. The molecule has 1 aromatic rings. The van der Waals surface area contributed by atoms with Crippen molar-refractivity contribution in [3.8, 4) is 0 Å². The fraction of sp³-hybridized carbons (Fsp3) is 0.417. The molecular weight excluding hydrogens is 268 g/mol. The van der Waals surface area contributed by atoms with Crippen molar-refractivity contribution in [3.63, 3.8) is 0 Å². The van der Waals surface area contributed by atoms with Crippen LogP contribution in [0.3, 0.4) is 0 Å². The molecule has 4 heteroatoms. The third-order valence-corrected chi connectivity index (χ3v) is 2.73. The smallest absolute Gasteiger partial charge is 0.224 e. The van der Waals surface area contributed by atoms with Crippen LogP contribution in [0.2, 0.25) is 0 Å². The predicted octanol–water partition coefficient (Wildman–Crippen LogP) is 1.72. The molecule has 1 aromatic carbocycles. The van der Waals surface area contributed by atoms with Gasteiger partial charge < -0.3 is 10.6 Å². The van der Waals surface area contributed by atoms with Crippen molar-refractivity contribution in [1.29, 1.82) is 0 Å². The number of amides is 1. The molecule has 0 saturated carbocycles. The van der Waals surface area contributed by atoms with Crippen LogP contribution in [0.25, 0.3) is 0 Å². The summed E-state index contributed by atoms with van der Waals surface area (Å²) in [5.41, 5.74) is 1.04. The molecule has 0 bridgehead atoms. The van der Waals surface area contributed by atoms with Gasteiger partial charge in [0.2, 0.25) is 5.91 Å². The minimum atomic E-state index is 0.0819. The molecule has 0 aliphatic heterocycles. The summed E-state index contributed by atoms with van der Waals surface area (Å²) >= 11 is 3.36. The number of hydrogen-bond donors (Lipinski definition) is 2. The van der Waals surface area contributed by atoms with E-state index in [2.05, 4.69) is 26.6 Å². The van der Waals surface area contributed by atoms with E-state index >= 15 is 0 Å². The number of hydrogen-bond acceptors (Lipinski definition) is 2. The first-order chi connectivity index (χ1) is 7.72. The molecule has 0 unspecified atom stereocenters. The van der Waals surface area contributed by atoms with Gasteiger partial charge in [-0.25, -0.2) is 0 Å². The highest BCUT2D eigenvalue weighted by molar-refractivity contribution is 9.10. The molecule has 1 rings (SSSR count). The van der Waals surface area contributed by atoms with Crippen LogP contribution in [-0.2, 0) is 11.2 Å². The van der Waals surface area contributed by atoms with Crippen molar-refractivity contribution >= 4 is 21.8 Å². The summed E-state index contributed by atoms with van der Waals surface area (Å²) < 4.78 is 1.03. The molecule has 0 saturated heterocycles. The Kier molecular flexibility index (Phi) is 6.11. The van der Waals surface area contributed by atoms with Gasteiger partial charge in [0, 0.05) is 11.0 Å². The Bertz CT molecular complexity index is 324. The lowest BCUT2D eigenvalue weighted by Crippen LogP contribution is -2.27. The molecule has 0 aromatic heterocycles. The minimum absolute atomic E-state index is 0.0819.